The molecule has 0 radical (unpaired) electrons. The maximum atomic E-state index is 13.8. The van der Waals surface area contributed by atoms with E-state index in [0.29, 0.717) is 36.2 Å². The summed E-state index contributed by atoms with van der Waals surface area (Å²) in [5.74, 6) is 0.0106. The molecular formula is C36H42N4O6. The van der Waals surface area contributed by atoms with Crippen LogP contribution in [0.4, 0.5) is 22.7 Å². The summed E-state index contributed by atoms with van der Waals surface area (Å²) < 4.78 is 2.02. The minimum atomic E-state index is -0.824. The number of hydrogen-bond donors (Lipinski definition) is 0. The highest BCUT2D eigenvalue weighted by molar-refractivity contribution is 6.24. The Bertz CT molecular complexity index is 1790. The van der Waals surface area contributed by atoms with Crippen LogP contribution >= 0.6 is 0 Å². The summed E-state index contributed by atoms with van der Waals surface area (Å²) in [6.45, 7) is 17.3. The van der Waals surface area contributed by atoms with Crippen LogP contribution in [0.15, 0.2) is 71.2 Å². The number of carbonyl (C=O) groups is 1. The molecule has 2 aromatic rings. The molecule has 2 heterocycles. The Morgan fingerprint density at radius 3 is 2.17 bits per heavy atom. The average molecular weight is 627 g/mol. The number of nitro groups is 2. The molecule has 10 nitrogen and oxygen atoms in total. The SMILES string of the molecule is CC(C)CCN1/C(=C/C2=C([O-])C(=C/C3=[N+](CCC(C)C)c4cccc([N+](=O)[O-])c4C3(C)C)/C2=O)C(C)(C)c2cc([N+](=O)[O-])ccc21. The predicted molar refractivity (Wildman–Crippen MR) is 176 cm³/mol. The summed E-state index contributed by atoms with van der Waals surface area (Å²) in [4.78, 5) is 38.7. The van der Waals surface area contributed by atoms with Crippen LogP contribution in [0.25, 0.3) is 0 Å². The zero-order chi connectivity index (χ0) is 33.9. The van der Waals surface area contributed by atoms with Gasteiger partial charge in [0.05, 0.1) is 15.3 Å². The van der Waals surface area contributed by atoms with Gasteiger partial charge in [0.2, 0.25) is 5.69 Å². The first kappa shape index (κ1) is 32.8. The molecule has 5 rings (SSSR count). The molecule has 0 aromatic heterocycles. The smallest absolute Gasteiger partial charge is 0.280 e. The molecule has 0 N–H and O–H groups in total. The van der Waals surface area contributed by atoms with E-state index < -0.39 is 15.8 Å². The number of ketones is 1. The zero-order valence-corrected chi connectivity index (χ0v) is 27.8. The highest BCUT2D eigenvalue weighted by Gasteiger charge is 2.50. The summed E-state index contributed by atoms with van der Waals surface area (Å²) in [5, 5.41) is 37.4. The van der Waals surface area contributed by atoms with Crippen LogP contribution in [0, 0.1) is 32.1 Å². The van der Waals surface area contributed by atoms with Crippen molar-refractivity contribution in [2.24, 2.45) is 11.8 Å². The first-order valence-electron chi connectivity index (χ1n) is 15.9. The number of anilines is 1. The fourth-order valence-corrected chi connectivity index (χ4v) is 6.86. The molecule has 2 aromatic carbocycles. The molecule has 0 atom stereocenters. The van der Waals surface area contributed by atoms with Gasteiger partial charge in [-0.2, -0.15) is 4.58 Å². The average Bonchev–Trinajstić information content (AvgIpc) is 3.33. The topological polar surface area (TPSA) is 133 Å². The van der Waals surface area contributed by atoms with Gasteiger partial charge in [-0.05, 0) is 55.9 Å². The Morgan fingerprint density at radius 1 is 0.913 bits per heavy atom. The molecule has 0 saturated heterocycles. The second kappa shape index (κ2) is 11.6. The minimum Gasteiger partial charge on any atom is -0.871 e. The highest BCUT2D eigenvalue weighted by Crippen LogP contribution is 2.50. The number of fused-ring (bicyclic) bond motifs is 2. The molecule has 0 bridgehead atoms. The summed E-state index contributed by atoms with van der Waals surface area (Å²) in [7, 11) is 0. The molecule has 0 unspecified atom stereocenters. The fraction of sp³-hybridized carbons (Fsp3) is 0.444. The third-order valence-electron chi connectivity index (χ3n) is 9.55. The van der Waals surface area contributed by atoms with Crippen molar-refractivity contribution >= 4 is 34.2 Å². The number of allylic oxidation sites excluding steroid dienone is 5. The highest BCUT2D eigenvalue weighted by atomic mass is 16.6. The first-order valence-corrected chi connectivity index (χ1v) is 15.9. The predicted octanol–water partition coefficient (Wildman–Crippen LogP) is 6.78. The zero-order valence-electron chi connectivity index (χ0n) is 27.8. The molecule has 242 valence electrons. The number of nitro benzene ring substituents is 2. The van der Waals surface area contributed by atoms with E-state index >= 15 is 0 Å². The molecule has 1 aliphatic carbocycles. The van der Waals surface area contributed by atoms with Crippen LogP contribution < -0.4 is 10.0 Å². The number of nitrogens with zero attached hydrogens (tertiary/aromatic N) is 4. The van der Waals surface area contributed by atoms with Crippen molar-refractivity contribution in [3.63, 3.8) is 0 Å². The Kier molecular flexibility index (Phi) is 8.30. The van der Waals surface area contributed by atoms with Crippen molar-refractivity contribution in [2.75, 3.05) is 18.0 Å². The van der Waals surface area contributed by atoms with Crippen molar-refractivity contribution in [1.29, 1.82) is 0 Å². The number of Topliss-reactive ketones (excluding diaryl/α,β-unsaturated/α-hetero) is 1. The van der Waals surface area contributed by atoms with E-state index in [1.807, 2.05) is 38.3 Å². The van der Waals surface area contributed by atoms with Gasteiger partial charge in [-0.3, -0.25) is 25.0 Å². The Morgan fingerprint density at radius 2 is 1.59 bits per heavy atom. The molecule has 0 amide bonds. The van der Waals surface area contributed by atoms with Gasteiger partial charge in [-0.1, -0.05) is 47.3 Å². The Hall–Kier alpha value is -4.60. The van der Waals surface area contributed by atoms with E-state index in [0.717, 1.165) is 35.5 Å². The van der Waals surface area contributed by atoms with Crippen molar-refractivity contribution in [3.8, 4) is 0 Å². The maximum absolute atomic E-state index is 13.8. The van der Waals surface area contributed by atoms with Crippen LogP contribution in [0.2, 0.25) is 0 Å². The monoisotopic (exact) mass is 626 g/mol. The van der Waals surface area contributed by atoms with Gasteiger partial charge >= 0.3 is 0 Å². The normalized spacial score (nSPS) is 19.9. The number of carbonyl (C=O) groups excluding carboxylic acids is 1. The lowest BCUT2D eigenvalue weighted by Crippen LogP contribution is -2.35. The van der Waals surface area contributed by atoms with Crippen LogP contribution in [-0.4, -0.2) is 39.0 Å². The molecule has 2 aliphatic heterocycles. The lowest BCUT2D eigenvalue weighted by Gasteiger charge is -2.33. The van der Waals surface area contributed by atoms with Crippen LogP contribution in [0.1, 0.15) is 79.4 Å². The van der Waals surface area contributed by atoms with Gasteiger partial charge in [-0.15, -0.1) is 0 Å². The number of rotatable bonds is 10. The van der Waals surface area contributed by atoms with E-state index in [1.165, 1.54) is 12.1 Å². The quantitative estimate of drug-likeness (QED) is 0.123. The fourth-order valence-electron chi connectivity index (χ4n) is 6.86. The first-order chi connectivity index (χ1) is 21.5. The summed E-state index contributed by atoms with van der Waals surface area (Å²) in [6, 6.07) is 9.85. The molecule has 0 spiro atoms. The second-order valence-corrected chi connectivity index (χ2v) is 14.4. The second-order valence-electron chi connectivity index (χ2n) is 14.4. The van der Waals surface area contributed by atoms with Crippen LogP contribution in [-0.2, 0) is 15.6 Å². The molecular weight excluding hydrogens is 584 g/mol. The van der Waals surface area contributed by atoms with Gasteiger partial charge in [0.1, 0.15) is 12.1 Å². The third kappa shape index (κ3) is 5.33. The van der Waals surface area contributed by atoms with Crippen molar-refractivity contribution < 1.29 is 24.3 Å². The molecule has 0 saturated carbocycles. The van der Waals surface area contributed by atoms with Gasteiger partial charge in [0, 0.05) is 71.3 Å². The summed E-state index contributed by atoms with van der Waals surface area (Å²) in [6.07, 6.45) is 4.95. The van der Waals surface area contributed by atoms with Gasteiger partial charge in [-0.25, -0.2) is 0 Å². The van der Waals surface area contributed by atoms with Crippen molar-refractivity contribution in [1.82, 2.24) is 0 Å². The molecule has 0 fully saturated rings. The number of benzene rings is 2. The van der Waals surface area contributed by atoms with E-state index in [1.54, 1.807) is 30.4 Å². The number of non-ortho nitro benzene ring substituents is 1. The van der Waals surface area contributed by atoms with E-state index in [9.17, 15) is 30.1 Å². The van der Waals surface area contributed by atoms with E-state index in [4.69, 9.17) is 0 Å². The Labute approximate surface area is 269 Å². The number of hydrogen-bond acceptors (Lipinski definition) is 7. The third-order valence-corrected chi connectivity index (χ3v) is 9.55. The van der Waals surface area contributed by atoms with Crippen LogP contribution in [0.3, 0.4) is 0 Å². The molecule has 10 heteroatoms. The summed E-state index contributed by atoms with van der Waals surface area (Å²) in [5.41, 5.74) is 2.93. The van der Waals surface area contributed by atoms with E-state index in [2.05, 4.69) is 32.6 Å². The molecule has 3 aliphatic rings. The van der Waals surface area contributed by atoms with E-state index in [-0.39, 0.29) is 39.0 Å². The van der Waals surface area contributed by atoms with Crippen molar-refractivity contribution in [3.05, 3.63) is 103 Å². The Balaban J connectivity index is 1.61. The van der Waals surface area contributed by atoms with Gasteiger partial charge in [0.25, 0.3) is 11.4 Å². The maximum Gasteiger partial charge on any atom is 0.280 e. The van der Waals surface area contributed by atoms with Gasteiger partial charge < -0.3 is 10.0 Å². The lowest BCUT2D eigenvalue weighted by molar-refractivity contribution is -0.440. The molecule has 46 heavy (non-hydrogen) atoms. The minimum absolute atomic E-state index is 0.00925. The lowest BCUT2D eigenvalue weighted by atomic mass is 9.77. The largest absolute Gasteiger partial charge is 0.871 e. The standard InChI is InChI=1S/C36H42N4O6/c1-21(2)14-16-37-27-13-12-23(39(43)44)18-26(27)35(5,6)30(37)19-24-33(41)25(34(24)42)20-31-36(7,8)32-28(38(31)17-15-22(3)4)10-9-11-29(32)40(45)46/h9-13,18-22H,14-17H2,1-8H3. The van der Waals surface area contributed by atoms with Gasteiger partial charge in [0.15, 0.2) is 11.5 Å². The summed E-state index contributed by atoms with van der Waals surface area (Å²) >= 11 is 0. The van der Waals surface area contributed by atoms with Crippen LogP contribution in [0.5, 0.6) is 0 Å². The van der Waals surface area contributed by atoms with Crippen molar-refractivity contribution in [2.45, 2.75) is 79.1 Å².